The van der Waals surface area contributed by atoms with E-state index in [9.17, 15) is 9.59 Å². The topological polar surface area (TPSA) is 55.4 Å². The molecule has 2 fully saturated rings. The van der Waals surface area contributed by atoms with Gasteiger partial charge in [0.2, 0.25) is 5.91 Å². The minimum Gasteiger partial charge on any atom is -0.469 e. The molecule has 0 aromatic rings. The second-order valence-electron chi connectivity index (χ2n) is 5.73. The van der Waals surface area contributed by atoms with Crippen LogP contribution in [0.1, 0.15) is 45.4 Å². The number of nitrogens with one attached hydrogen (secondary N) is 1. The Bertz CT molecular complexity index is 345. The lowest BCUT2D eigenvalue weighted by Crippen LogP contribution is -2.47. The van der Waals surface area contributed by atoms with Crippen molar-refractivity contribution in [3.63, 3.8) is 0 Å². The molecule has 1 N–H and O–H groups in total. The minimum atomic E-state index is -0.237. The van der Waals surface area contributed by atoms with E-state index in [-0.39, 0.29) is 28.6 Å². The Morgan fingerprint density at radius 3 is 2.47 bits per heavy atom. The normalized spacial score (nSPS) is 34.8. The fourth-order valence-corrected chi connectivity index (χ4v) is 4.15. The molecule has 0 aromatic carbocycles. The summed E-state index contributed by atoms with van der Waals surface area (Å²) >= 11 is 1.76. The molecule has 4 nitrogen and oxygen atoms in total. The molecule has 2 aliphatic rings. The Hall–Kier alpha value is -0.710. The summed E-state index contributed by atoms with van der Waals surface area (Å²) in [6.45, 7) is 2.04. The molecule has 1 aliphatic heterocycles. The number of thioether (sulfide) groups is 1. The van der Waals surface area contributed by atoms with Crippen LogP contribution in [0.4, 0.5) is 0 Å². The van der Waals surface area contributed by atoms with Crippen molar-refractivity contribution in [2.24, 2.45) is 5.92 Å². The first kappa shape index (κ1) is 14.7. The predicted molar refractivity (Wildman–Crippen MR) is 76.0 cm³/mol. The summed E-state index contributed by atoms with van der Waals surface area (Å²) in [7, 11) is 1.44. The third kappa shape index (κ3) is 3.44. The molecule has 1 saturated heterocycles. The molecule has 108 valence electrons. The molecule has 19 heavy (non-hydrogen) atoms. The van der Waals surface area contributed by atoms with Crippen LogP contribution in [0, 0.1) is 5.92 Å². The molecule has 1 aliphatic carbocycles. The number of carbonyl (C=O) groups excluding carboxylic acids is 2. The van der Waals surface area contributed by atoms with Gasteiger partial charge in [-0.1, -0.05) is 0 Å². The van der Waals surface area contributed by atoms with Crippen LogP contribution < -0.4 is 5.32 Å². The SMILES string of the molecule is COC(=O)C1CCC(NC(=O)C2(C)CCCS2)CC1. The zero-order valence-corrected chi connectivity index (χ0v) is 12.6. The van der Waals surface area contributed by atoms with E-state index in [1.165, 1.54) is 7.11 Å². The summed E-state index contributed by atoms with van der Waals surface area (Å²) in [5.41, 5.74) is 0. The van der Waals surface area contributed by atoms with E-state index in [4.69, 9.17) is 4.74 Å². The van der Waals surface area contributed by atoms with Gasteiger partial charge in [0.05, 0.1) is 17.8 Å². The lowest BCUT2D eigenvalue weighted by molar-refractivity contribution is -0.146. The van der Waals surface area contributed by atoms with Crippen LogP contribution in [0.25, 0.3) is 0 Å². The Balaban J connectivity index is 1.79. The number of esters is 1. The summed E-state index contributed by atoms with van der Waals surface area (Å²) in [6.07, 6.45) is 5.51. The maximum atomic E-state index is 12.3. The van der Waals surface area contributed by atoms with Crippen molar-refractivity contribution in [1.82, 2.24) is 5.32 Å². The first-order chi connectivity index (χ1) is 9.05. The molecule has 0 spiro atoms. The predicted octanol–water partition coefficient (Wildman–Crippen LogP) is 2.12. The number of amides is 1. The molecule has 1 heterocycles. The van der Waals surface area contributed by atoms with Gasteiger partial charge in [0.1, 0.15) is 0 Å². The fourth-order valence-electron chi connectivity index (χ4n) is 2.94. The maximum Gasteiger partial charge on any atom is 0.308 e. The molecule has 1 amide bonds. The monoisotopic (exact) mass is 285 g/mol. The molecule has 5 heteroatoms. The molecular weight excluding hydrogens is 262 g/mol. The van der Waals surface area contributed by atoms with Gasteiger partial charge in [-0.25, -0.2) is 0 Å². The fraction of sp³-hybridized carbons (Fsp3) is 0.857. The van der Waals surface area contributed by atoms with Crippen molar-refractivity contribution in [2.45, 2.75) is 56.2 Å². The summed E-state index contributed by atoms with van der Waals surface area (Å²) < 4.78 is 4.54. The first-order valence-electron chi connectivity index (χ1n) is 7.08. The van der Waals surface area contributed by atoms with Crippen LogP contribution in [-0.2, 0) is 14.3 Å². The number of carbonyl (C=O) groups is 2. The summed E-state index contributed by atoms with van der Waals surface area (Å²) in [5.74, 6) is 1.17. The zero-order valence-electron chi connectivity index (χ0n) is 11.7. The van der Waals surface area contributed by atoms with Crippen LogP contribution in [0.15, 0.2) is 0 Å². The quantitative estimate of drug-likeness (QED) is 0.807. The van der Waals surface area contributed by atoms with Gasteiger partial charge in [0.25, 0.3) is 0 Å². The Morgan fingerprint density at radius 2 is 1.95 bits per heavy atom. The van der Waals surface area contributed by atoms with Crippen LogP contribution in [0.3, 0.4) is 0 Å². The maximum absolute atomic E-state index is 12.3. The van der Waals surface area contributed by atoms with Gasteiger partial charge in [-0.05, 0) is 51.2 Å². The van der Waals surface area contributed by atoms with Crippen molar-refractivity contribution < 1.29 is 14.3 Å². The zero-order chi connectivity index (χ0) is 13.9. The van der Waals surface area contributed by atoms with Gasteiger partial charge in [0.15, 0.2) is 0 Å². The van der Waals surface area contributed by atoms with Crippen molar-refractivity contribution in [1.29, 1.82) is 0 Å². The second kappa shape index (κ2) is 6.16. The largest absolute Gasteiger partial charge is 0.469 e. The Labute approximate surface area is 119 Å². The molecule has 0 bridgehead atoms. The highest BCUT2D eigenvalue weighted by molar-refractivity contribution is 8.01. The molecule has 1 atom stereocenters. The molecule has 0 radical (unpaired) electrons. The van der Waals surface area contributed by atoms with Gasteiger partial charge in [-0.2, -0.15) is 0 Å². The highest BCUT2D eigenvalue weighted by atomic mass is 32.2. The smallest absolute Gasteiger partial charge is 0.308 e. The van der Waals surface area contributed by atoms with Crippen LogP contribution in [0.5, 0.6) is 0 Å². The van der Waals surface area contributed by atoms with Gasteiger partial charge < -0.3 is 10.1 Å². The molecular formula is C14H23NO3S. The highest BCUT2D eigenvalue weighted by Crippen LogP contribution is 2.38. The highest BCUT2D eigenvalue weighted by Gasteiger charge is 2.38. The molecule has 0 aromatic heterocycles. The van der Waals surface area contributed by atoms with E-state index in [1.54, 1.807) is 11.8 Å². The van der Waals surface area contributed by atoms with Gasteiger partial charge in [-0.15, -0.1) is 11.8 Å². The van der Waals surface area contributed by atoms with Gasteiger partial charge in [-0.3, -0.25) is 9.59 Å². The number of methoxy groups -OCH3 is 1. The number of ether oxygens (including phenoxy) is 1. The molecule has 2 rings (SSSR count). The average Bonchev–Trinajstić information content (AvgIpc) is 2.87. The molecule has 1 unspecified atom stereocenters. The van der Waals surface area contributed by atoms with E-state index < -0.39 is 0 Å². The van der Waals surface area contributed by atoms with E-state index in [0.717, 1.165) is 44.3 Å². The number of rotatable bonds is 3. The van der Waals surface area contributed by atoms with E-state index in [2.05, 4.69) is 5.32 Å². The average molecular weight is 285 g/mol. The number of hydrogen-bond donors (Lipinski definition) is 1. The summed E-state index contributed by atoms with van der Waals surface area (Å²) in [4.78, 5) is 23.7. The number of hydrogen-bond acceptors (Lipinski definition) is 4. The minimum absolute atomic E-state index is 0.0228. The standard InChI is InChI=1S/C14H23NO3S/c1-14(8-3-9-19-14)13(17)15-11-6-4-10(5-7-11)12(16)18-2/h10-11H,3-9H2,1-2H3,(H,15,17). The van der Waals surface area contributed by atoms with Gasteiger partial charge in [0, 0.05) is 6.04 Å². The lowest BCUT2D eigenvalue weighted by atomic mass is 9.86. The summed E-state index contributed by atoms with van der Waals surface area (Å²) in [5, 5.41) is 3.17. The van der Waals surface area contributed by atoms with Gasteiger partial charge >= 0.3 is 5.97 Å². The lowest BCUT2D eigenvalue weighted by Gasteiger charge is -2.30. The van der Waals surface area contributed by atoms with Crippen LogP contribution in [-0.4, -0.2) is 35.5 Å². The van der Waals surface area contributed by atoms with Crippen molar-refractivity contribution in [3.05, 3.63) is 0 Å². The van der Waals surface area contributed by atoms with Crippen molar-refractivity contribution in [3.8, 4) is 0 Å². The van der Waals surface area contributed by atoms with E-state index >= 15 is 0 Å². The second-order valence-corrected chi connectivity index (χ2v) is 7.33. The third-order valence-corrected chi connectivity index (χ3v) is 5.82. The van der Waals surface area contributed by atoms with E-state index in [0.29, 0.717) is 0 Å². The van der Waals surface area contributed by atoms with Crippen molar-refractivity contribution >= 4 is 23.6 Å². The Kier molecular flexibility index (Phi) is 4.76. The van der Waals surface area contributed by atoms with Crippen LogP contribution >= 0.6 is 11.8 Å². The first-order valence-corrected chi connectivity index (χ1v) is 8.06. The third-order valence-electron chi connectivity index (χ3n) is 4.30. The van der Waals surface area contributed by atoms with Crippen LogP contribution in [0.2, 0.25) is 0 Å². The molecule has 1 saturated carbocycles. The Morgan fingerprint density at radius 1 is 1.26 bits per heavy atom. The summed E-state index contributed by atoms with van der Waals surface area (Å²) in [6, 6.07) is 0.228. The van der Waals surface area contributed by atoms with E-state index in [1.807, 2.05) is 6.92 Å². The van der Waals surface area contributed by atoms with Crippen molar-refractivity contribution in [2.75, 3.05) is 12.9 Å².